The van der Waals surface area contributed by atoms with E-state index in [4.69, 9.17) is 14.2 Å². The van der Waals surface area contributed by atoms with E-state index in [9.17, 15) is 9.59 Å². The van der Waals surface area contributed by atoms with Crippen molar-refractivity contribution < 1.29 is 23.8 Å². The molecule has 24 heavy (non-hydrogen) atoms. The van der Waals surface area contributed by atoms with Gasteiger partial charge in [0.15, 0.2) is 0 Å². The second kappa shape index (κ2) is 9.27. The molecule has 0 aliphatic carbocycles. The van der Waals surface area contributed by atoms with Crippen LogP contribution < -0.4 is 10.1 Å². The van der Waals surface area contributed by atoms with Crippen LogP contribution in [0.5, 0.6) is 5.75 Å². The Morgan fingerprint density at radius 3 is 2.42 bits per heavy atom. The van der Waals surface area contributed by atoms with Crippen LogP contribution in [0.1, 0.15) is 50.9 Å². The Morgan fingerprint density at radius 2 is 1.88 bits per heavy atom. The molecule has 6 heteroatoms. The Kier molecular flexibility index (Phi) is 7.71. The molecule has 0 radical (unpaired) electrons. The maximum atomic E-state index is 12.6. The summed E-state index contributed by atoms with van der Waals surface area (Å²) in [6, 6.07) is 4.85. The normalized spacial score (nSPS) is 13.0. The number of esters is 1. The molecule has 0 bridgehead atoms. The van der Waals surface area contributed by atoms with Crippen LogP contribution in [0.2, 0.25) is 0 Å². The number of nitrogens with one attached hydrogen (secondary N) is 1. The third kappa shape index (κ3) is 4.96. The van der Waals surface area contributed by atoms with Crippen LogP contribution in [0.25, 0.3) is 0 Å². The predicted molar refractivity (Wildman–Crippen MR) is 92.5 cm³/mol. The van der Waals surface area contributed by atoms with Crippen molar-refractivity contribution in [2.75, 3.05) is 25.6 Å². The Balaban J connectivity index is 3.04. The van der Waals surface area contributed by atoms with Gasteiger partial charge in [0.05, 0.1) is 13.7 Å². The van der Waals surface area contributed by atoms with Gasteiger partial charge in [-0.15, -0.1) is 0 Å². The fraction of sp³-hybridized carbons (Fsp3) is 0.556. The van der Waals surface area contributed by atoms with Crippen LogP contribution in [0.4, 0.5) is 5.69 Å². The van der Waals surface area contributed by atoms with Crippen LogP contribution in [-0.2, 0) is 14.3 Å². The van der Waals surface area contributed by atoms with Crippen molar-refractivity contribution in [3.8, 4) is 5.75 Å². The van der Waals surface area contributed by atoms with E-state index in [0.717, 1.165) is 6.42 Å². The molecule has 0 aliphatic heterocycles. The molecule has 0 heterocycles. The molecule has 1 rings (SSSR count). The fourth-order valence-corrected chi connectivity index (χ4v) is 2.46. The Bertz CT molecular complexity index is 565. The van der Waals surface area contributed by atoms with Gasteiger partial charge < -0.3 is 19.5 Å². The van der Waals surface area contributed by atoms with Gasteiger partial charge in [0.2, 0.25) is 0 Å². The van der Waals surface area contributed by atoms with Gasteiger partial charge in [0.25, 0.3) is 5.91 Å². The van der Waals surface area contributed by atoms with E-state index in [1.807, 2.05) is 13.8 Å². The summed E-state index contributed by atoms with van der Waals surface area (Å²) in [5.74, 6) is -0.342. The zero-order chi connectivity index (χ0) is 18.2. The van der Waals surface area contributed by atoms with E-state index in [1.54, 1.807) is 32.0 Å². The van der Waals surface area contributed by atoms with Gasteiger partial charge >= 0.3 is 5.97 Å². The van der Waals surface area contributed by atoms with Crippen LogP contribution in [-0.4, -0.2) is 37.8 Å². The molecule has 0 saturated heterocycles. The maximum absolute atomic E-state index is 12.6. The zero-order valence-corrected chi connectivity index (χ0v) is 15.1. The monoisotopic (exact) mass is 337 g/mol. The summed E-state index contributed by atoms with van der Waals surface area (Å²) in [5.41, 5.74) is -0.148. The molecule has 0 spiro atoms. The predicted octanol–water partition coefficient (Wildman–Crippen LogP) is 3.41. The van der Waals surface area contributed by atoms with Gasteiger partial charge in [-0.3, -0.25) is 4.79 Å². The third-order valence-corrected chi connectivity index (χ3v) is 3.62. The Labute approximate surface area is 143 Å². The Hall–Kier alpha value is -2.08. The van der Waals surface area contributed by atoms with E-state index in [0.29, 0.717) is 24.5 Å². The molecule has 1 amide bonds. The lowest BCUT2D eigenvalue weighted by atomic mass is 9.99. The van der Waals surface area contributed by atoms with Gasteiger partial charge in [0.1, 0.15) is 16.9 Å². The topological polar surface area (TPSA) is 73.9 Å². The number of anilines is 1. The molecule has 0 aliphatic rings. The standard InChI is InChI=1S/C18H27NO5/c1-6-11-18(4,24-8-3)17(21)19-13-9-10-15(22-5)14(12-13)16(20)23-7-2/h9-10,12H,6-8,11H2,1-5H3,(H,19,21)/t18-/m0/s1. The van der Waals surface area contributed by atoms with Gasteiger partial charge in [-0.2, -0.15) is 0 Å². The molecule has 0 unspecified atom stereocenters. The quantitative estimate of drug-likeness (QED) is 0.699. The second-order valence-corrected chi connectivity index (χ2v) is 5.50. The van der Waals surface area contributed by atoms with E-state index >= 15 is 0 Å². The van der Waals surface area contributed by atoms with Gasteiger partial charge in [-0.05, 0) is 45.4 Å². The van der Waals surface area contributed by atoms with Crippen LogP contribution in [0, 0.1) is 0 Å². The highest BCUT2D eigenvalue weighted by Gasteiger charge is 2.33. The van der Waals surface area contributed by atoms with Crippen molar-refractivity contribution in [2.45, 2.75) is 46.1 Å². The van der Waals surface area contributed by atoms with Crippen molar-refractivity contribution >= 4 is 17.6 Å². The number of hydrogen-bond donors (Lipinski definition) is 1. The number of rotatable bonds is 9. The van der Waals surface area contributed by atoms with E-state index in [-0.39, 0.29) is 18.1 Å². The number of ether oxygens (including phenoxy) is 3. The minimum absolute atomic E-state index is 0.244. The van der Waals surface area contributed by atoms with Crippen molar-refractivity contribution in [3.05, 3.63) is 23.8 Å². The molecular weight excluding hydrogens is 310 g/mol. The number of amides is 1. The molecule has 1 N–H and O–H groups in total. The number of carbonyl (C=O) groups is 2. The lowest BCUT2D eigenvalue weighted by Crippen LogP contribution is -2.42. The molecule has 1 aromatic carbocycles. The maximum Gasteiger partial charge on any atom is 0.341 e. The average molecular weight is 337 g/mol. The highest BCUT2D eigenvalue weighted by molar-refractivity contribution is 5.99. The molecule has 1 atom stereocenters. The molecular formula is C18H27NO5. The number of carbonyl (C=O) groups excluding carboxylic acids is 2. The number of benzene rings is 1. The van der Waals surface area contributed by atoms with E-state index < -0.39 is 11.6 Å². The molecule has 0 aromatic heterocycles. The van der Waals surface area contributed by atoms with Crippen molar-refractivity contribution in [3.63, 3.8) is 0 Å². The molecule has 0 saturated carbocycles. The molecule has 0 fully saturated rings. The summed E-state index contributed by atoms with van der Waals surface area (Å²) < 4.78 is 15.8. The summed E-state index contributed by atoms with van der Waals surface area (Å²) >= 11 is 0. The minimum atomic E-state index is -0.909. The molecule has 6 nitrogen and oxygen atoms in total. The zero-order valence-electron chi connectivity index (χ0n) is 15.1. The summed E-state index contributed by atoms with van der Waals surface area (Å²) in [6.45, 7) is 8.06. The lowest BCUT2D eigenvalue weighted by Gasteiger charge is -2.28. The molecule has 1 aromatic rings. The summed E-state index contributed by atoms with van der Waals surface area (Å²) in [4.78, 5) is 24.6. The van der Waals surface area contributed by atoms with Gasteiger partial charge in [0, 0.05) is 12.3 Å². The number of hydrogen-bond acceptors (Lipinski definition) is 5. The Morgan fingerprint density at radius 1 is 1.17 bits per heavy atom. The minimum Gasteiger partial charge on any atom is -0.496 e. The first-order valence-electron chi connectivity index (χ1n) is 8.22. The largest absolute Gasteiger partial charge is 0.496 e. The average Bonchev–Trinajstić information content (AvgIpc) is 2.55. The third-order valence-electron chi connectivity index (χ3n) is 3.62. The van der Waals surface area contributed by atoms with Crippen LogP contribution >= 0.6 is 0 Å². The van der Waals surface area contributed by atoms with E-state index in [1.165, 1.54) is 7.11 Å². The second-order valence-electron chi connectivity index (χ2n) is 5.50. The van der Waals surface area contributed by atoms with Crippen molar-refractivity contribution in [2.24, 2.45) is 0 Å². The summed E-state index contributed by atoms with van der Waals surface area (Å²) in [5, 5.41) is 2.81. The smallest absolute Gasteiger partial charge is 0.341 e. The molecule has 134 valence electrons. The number of methoxy groups -OCH3 is 1. The lowest BCUT2D eigenvalue weighted by molar-refractivity contribution is -0.139. The first kappa shape index (κ1) is 20.0. The summed E-state index contributed by atoms with van der Waals surface area (Å²) in [6.07, 6.45) is 1.42. The van der Waals surface area contributed by atoms with Gasteiger partial charge in [-0.25, -0.2) is 4.79 Å². The van der Waals surface area contributed by atoms with Gasteiger partial charge in [-0.1, -0.05) is 13.3 Å². The highest BCUT2D eigenvalue weighted by atomic mass is 16.5. The van der Waals surface area contributed by atoms with Crippen LogP contribution in [0.15, 0.2) is 18.2 Å². The van der Waals surface area contributed by atoms with E-state index in [2.05, 4.69) is 5.32 Å². The summed E-state index contributed by atoms with van der Waals surface area (Å²) in [7, 11) is 1.48. The highest BCUT2D eigenvalue weighted by Crippen LogP contribution is 2.26. The van der Waals surface area contributed by atoms with Crippen molar-refractivity contribution in [1.82, 2.24) is 0 Å². The van der Waals surface area contributed by atoms with Crippen LogP contribution in [0.3, 0.4) is 0 Å². The SMILES string of the molecule is CCC[C@](C)(OCC)C(=O)Nc1ccc(OC)c(C(=O)OCC)c1. The first-order valence-corrected chi connectivity index (χ1v) is 8.22. The fourth-order valence-electron chi connectivity index (χ4n) is 2.46. The first-order chi connectivity index (χ1) is 11.4. The van der Waals surface area contributed by atoms with Crippen molar-refractivity contribution in [1.29, 1.82) is 0 Å².